The van der Waals surface area contributed by atoms with Gasteiger partial charge in [0.2, 0.25) is 11.8 Å². The number of nitrogens with one attached hydrogen (secondary N) is 1. The van der Waals surface area contributed by atoms with Crippen LogP contribution in [0.3, 0.4) is 0 Å². The summed E-state index contributed by atoms with van der Waals surface area (Å²) in [6.45, 7) is 8.02. The fourth-order valence-corrected chi connectivity index (χ4v) is 4.40. The lowest BCUT2D eigenvalue weighted by Gasteiger charge is -2.35. The average Bonchev–Trinajstić information content (AvgIpc) is 2.94. The topological polar surface area (TPSA) is 90.0 Å². The van der Waals surface area contributed by atoms with Crippen LogP contribution in [0.15, 0.2) is 18.2 Å². The van der Waals surface area contributed by atoms with Crippen molar-refractivity contribution < 1.29 is 19.2 Å². The van der Waals surface area contributed by atoms with Gasteiger partial charge >= 0.3 is 6.03 Å². The Hall–Kier alpha value is -2.90. The number of carbonyl (C=O) groups is 4. The molecule has 1 aromatic rings. The molecule has 1 aromatic carbocycles. The van der Waals surface area contributed by atoms with Gasteiger partial charge in [-0.25, -0.2) is 4.79 Å². The van der Waals surface area contributed by atoms with Crippen LogP contribution in [0.1, 0.15) is 49.0 Å². The molecule has 31 heavy (non-hydrogen) atoms. The molecule has 3 rings (SSSR count). The van der Waals surface area contributed by atoms with Crippen LogP contribution < -0.4 is 5.32 Å². The number of anilines is 1. The highest BCUT2D eigenvalue weighted by molar-refractivity contribution is 6.02. The van der Waals surface area contributed by atoms with Crippen molar-refractivity contribution in [1.29, 1.82) is 0 Å². The van der Waals surface area contributed by atoms with Crippen molar-refractivity contribution in [2.45, 2.75) is 40.0 Å². The van der Waals surface area contributed by atoms with E-state index in [0.717, 1.165) is 25.1 Å². The van der Waals surface area contributed by atoms with E-state index in [2.05, 4.69) is 19.2 Å². The maximum Gasteiger partial charge on any atom is 0.326 e. The number of benzene rings is 1. The largest absolute Gasteiger partial charge is 0.338 e. The smallest absolute Gasteiger partial charge is 0.326 e. The molecule has 2 saturated heterocycles. The first-order valence-corrected chi connectivity index (χ1v) is 10.9. The van der Waals surface area contributed by atoms with E-state index in [-0.39, 0.29) is 43.3 Å². The summed E-state index contributed by atoms with van der Waals surface area (Å²) in [5, 5.41) is 2.87. The van der Waals surface area contributed by atoms with Crippen LogP contribution in [0.5, 0.6) is 0 Å². The van der Waals surface area contributed by atoms with Crippen molar-refractivity contribution in [3.8, 4) is 0 Å². The average molecular weight is 429 g/mol. The molecule has 2 aliphatic heterocycles. The number of urea groups is 1. The number of likely N-dealkylation sites (tertiary alicyclic amines) is 1. The summed E-state index contributed by atoms with van der Waals surface area (Å²) >= 11 is 0. The van der Waals surface area contributed by atoms with Gasteiger partial charge in [0.25, 0.3) is 5.91 Å². The molecule has 2 unspecified atom stereocenters. The first kappa shape index (κ1) is 22.8. The number of piperidine rings is 1. The van der Waals surface area contributed by atoms with Gasteiger partial charge in [0.05, 0.1) is 0 Å². The minimum Gasteiger partial charge on any atom is -0.338 e. The van der Waals surface area contributed by atoms with Gasteiger partial charge in [-0.05, 0) is 49.3 Å². The van der Waals surface area contributed by atoms with E-state index in [9.17, 15) is 19.2 Å². The van der Waals surface area contributed by atoms with Crippen LogP contribution in [0.4, 0.5) is 10.5 Å². The Balaban J connectivity index is 1.57. The number of imide groups is 1. The van der Waals surface area contributed by atoms with Crippen LogP contribution in [-0.4, -0.2) is 71.7 Å². The van der Waals surface area contributed by atoms with E-state index in [4.69, 9.17) is 0 Å². The van der Waals surface area contributed by atoms with Gasteiger partial charge in [0, 0.05) is 44.4 Å². The first-order valence-electron chi connectivity index (χ1n) is 10.9. The molecule has 0 spiro atoms. The van der Waals surface area contributed by atoms with Crippen molar-refractivity contribution in [1.82, 2.24) is 14.7 Å². The van der Waals surface area contributed by atoms with Gasteiger partial charge in [-0.1, -0.05) is 19.9 Å². The molecule has 0 bridgehead atoms. The van der Waals surface area contributed by atoms with E-state index in [0.29, 0.717) is 29.5 Å². The lowest BCUT2D eigenvalue weighted by Crippen LogP contribution is -2.42. The van der Waals surface area contributed by atoms with Crippen LogP contribution in [0.25, 0.3) is 0 Å². The maximum atomic E-state index is 13.0. The van der Waals surface area contributed by atoms with Crippen LogP contribution in [0, 0.1) is 18.8 Å². The summed E-state index contributed by atoms with van der Waals surface area (Å²) in [6.07, 6.45) is 1.70. The molecule has 2 aliphatic rings. The van der Waals surface area contributed by atoms with Crippen LogP contribution in [0.2, 0.25) is 0 Å². The van der Waals surface area contributed by atoms with Gasteiger partial charge in [-0.15, -0.1) is 0 Å². The van der Waals surface area contributed by atoms with E-state index >= 15 is 0 Å². The number of carbonyl (C=O) groups excluding carboxylic acids is 4. The lowest BCUT2D eigenvalue weighted by molar-refractivity contribution is -0.125. The molecule has 2 heterocycles. The fraction of sp³-hybridized carbons (Fsp3) is 0.565. The van der Waals surface area contributed by atoms with Gasteiger partial charge < -0.3 is 15.1 Å². The lowest BCUT2D eigenvalue weighted by atomic mass is 9.91. The summed E-state index contributed by atoms with van der Waals surface area (Å²) in [5.74, 6) is 0.499. The molecule has 2 fully saturated rings. The maximum absolute atomic E-state index is 13.0. The molecular weight excluding hydrogens is 396 g/mol. The molecule has 1 N–H and O–H groups in total. The van der Waals surface area contributed by atoms with Crippen LogP contribution >= 0.6 is 0 Å². The highest BCUT2D eigenvalue weighted by Gasteiger charge is 2.33. The number of amides is 5. The van der Waals surface area contributed by atoms with Gasteiger partial charge in [0.1, 0.15) is 6.54 Å². The molecule has 0 saturated carbocycles. The van der Waals surface area contributed by atoms with E-state index in [1.807, 2.05) is 17.9 Å². The molecular formula is C23H32N4O4. The summed E-state index contributed by atoms with van der Waals surface area (Å²) in [7, 11) is 1.58. The molecule has 5 amide bonds. The molecule has 8 heteroatoms. The fourth-order valence-electron chi connectivity index (χ4n) is 4.40. The zero-order valence-corrected chi connectivity index (χ0v) is 18.8. The van der Waals surface area contributed by atoms with Crippen molar-refractivity contribution in [3.63, 3.8) is 0 Å². The molecule has 168 valence electrons. The third-order valence-corrected chi connectivity index (χ3v) is 5.93. The zero-order valence-electron chi connectivity index (χ0n) is 18.8. The van der Waals surface area contributed by atoms with Crippen molar-refractivity contribution >= 4 is 29.4 Å². The van der Waals surface area contributed by atoms with Crippen molar-refractivity contribution in [2.75, 3.05) is 38.5 Å². The second-order valence-electron chi connectivity index (χ2n) is 9.02. The molecule has 0 aliphatic carbocycles. The second kappa shape index (κ2) is 9.49. The Labute approximate surface area is 183 Å². The van der Waals surface area contributed by atoms with Crippen molar-refractivity contribution in [3.05, 3.63) is 29.3 Å². The van der Waals surface area contributed by atoms with Gasteiger partial charge in [0.15, 0.2) is 0 Å². The highest BCUT2D eigenvalue weighted by atomic mass is 16.2. The number of hydrogen-bond donors (Lipinski definition) is 1. The van der Waals surface area contributed by atoms with Gasteiger partial charge in [-0.2, -0.15) is 0 Å². The Morgan fingerprint density at radius 3 is 2.42 bits per heavy atom. The van der Waals surface area contributed by atoms with Gasteiger partial charge in [-0.3, -0.25) is 19.3 Å². The van der Waals surface area contributed by atoms with E-state index in [1.165, 1.54) is 9.80 Å². The Morgan fingerprint density at radius 2 is 1.81 bits per heavy atom. The summed E-state index contributed by atoms with van der Waals surface area (Å²) in [6, 6.07) is 5.06. The second-order valence-corrected chi connectivity index (χ2v) is 9.02. The highest BCUT2D eigenvalue weighted by Crippen LogP contribution is 2.24. The number of likely N-dealkylation sites (N-methyl/N-ethyl adjacent to an activating group) is 1. The molecule has 2 atom stereocenters. The third kappa shape index (κ3) is 5.42. The predicted octanol–water partition coefficient (Wildman–Crippen LogP) is 2.73. The van der Waals surface area contributed by atoms with E-state index in [1.54, 1.807) is 19.2 Å². The number of hydrogen-bond acceptors (Lipinski definition) is 4. The minimum atomic E-state index is -0.325. The van der Waals surface area contributed by atoms with Crippen molar-refractivity contribution in [2.24, 2.45) is 11.8 Å². The minimum absolute atomic E-state index is 0.0101. The normalized spacial score (nSPS) is 21.6. The summed E-state index contributed by atoms with van der Waals surface area (Å²) in [5.41, 5.74) is 2.05. The SMILES string of the molecule is Cc1ccc(C(=O)N2CC(C)CC(C)C2)cc1NC(=O)CCCN1C(=O)CN(C)C1=O. The predicted molar refractivity (Wildman–Crippen MR) is 118 cm³/mol. The Morgan fingerprint density at radius 1 is 1.13 bits per heavy atom. The first-order chi connectivity index (χ1) is 14.7. The molecule has 0 radical (unpaired) electrons. The number of aryl methyl sites for hydroxylation is 1. The standard InChI is InChI=1S/C23H32N4O4/c1-15-10-16(2)13-26(12-15)22(30)18-8-7-17(3)19(11-18)24-20(28)6-5-9-27-21(29)14-25(4)23(27)31/h7-8,11,15-16H,5-6,9-10,12-14H2,1-4H3,(H,24,28). The molecule has 0 aromatic heterocycles. The number of nitrogens with zero attached hydrogens (tertiary/aromatic N) is 3. The Kier molecular flexibility index (Phi) is 6.97. The quantitative estimate of drug-likeness (QED) is 0.706. The Bertz CT molecular complexity index is 874. The summed E-state index contributed by atoms with van der Waals surface area (Å²) in [4.78, 5) is 53.6. The number of rotatable bonds is 6. The zero-order chi connectivity index (χ0) is 22.7. The monoisotopic (exact) mass is 428 g/mol. The summed E-state index contributed by atoms with van der Waals surface area (Å²) < 4.78 is 0. The third-order valence-electron chi connectivity index (χ3n) is 5.93. The molecule has 8 nitrogen and oxygen atoms in total. The van der Waals surface area contributed by atoms with Crippen LogP contribution in [-0.2, 0) is 9.59 Å². The van der Waals surface area contributed by atoms with E-state index < -0.39 is 0 Å².